The van der Waals surface area contributed by atoms with E-state index in [0.29, 0.717) is 0 Å². The summed E-state index contributed by atoms with van der Waals surface area (Å²) in [6.07, 6.45) is -5.82. The van der Waals surface area contributed by atoms with E-state index in [9.17, 15) is 26.4 Å². The molecule has 0 radical (unpaired) electrons. The molecule has 1 amide bonds. The third-order valence-corrected chi connectivity index (χ3v) is 4.05. The summed E-state index contributed by atoms with van der Waals surface area (Å²) in [4.78, 5) is 10.6. The van der Waals surface area contributed by atoms with Gasteiger partial charge in [0.25, 0.3) is 0 Å². The number of sulfonamides is 1. The normalized spacial score (nSPS) is 12.3. The molecule has 0 heterocycles. The van der Waals surface area contributed by atoms with Crippen LogP contribution in [0.3, 0.4) is 0 Å². The minimum atomic E-state index is -4.34. The topological polar surface area (TPSA) is 115 Å². The van der Waals surface area contributed by atoms with Crippen molar-refractivity contribution < 1.29 is 26.4 Å². The summed E-state index contributed by atoms with van der Waals surface area (Å²) in [5.74, 6) is -0.774. The molecule has 21 heavy (non-hydrogen) atoms. The number of rotatable bonds is 6. The van der Waals surface area contributed by atoms with Crippen LogP contribution in [0.4, 0.5) is 18.9 Å². The van der Waals surface area contributed by atoms with E-state index in [4.69, 9.17) is 11.5 Å². The Bertz CT molecular complexity index is 629. The second-order valence-electron chi connectivity index (χ2n) is 4.23. The fourth-order valence-corrected chi connectivity index (χ4v) is 2.70. The summed E-state index contributed by atoms with van der Waals surface area (Å²) in [6.45, 7) is -0.376. The zero-order valence-corrected chi connectivity index (χ0v) is 11.6. The van der Waals surface area contributed by atoms with Crippen molar-refractivity contribution in [2.24, 2.45) is 5.73 Å². The lowest BCUT2D eigenvalue weighted by atomic mass is 10.2. The van der Waals surface area contributed by atoms with Gasteiger partial charge in [-0.15, -0.1) is 0 Å². The predicted molar refractivity (Wildman–Crippen MR) is 69.8 cm³/mol. The number of nitrogen functional groups attached to an aromatic ring is 1. The molecule has 118 valence electrons. The molecule has 0 saturated carbocycles. The van der Waals surface area contributed by atoms with Crippen LogP contribution in [0.25, 0.3) is 0 Å². The van der Waals surface area contributed by atoms with Gasteiger partial charge in [-0.3, -0.25) is 4.79 Å². The second-order valence-corrected chi connectivity index (χ2v) is 5.97. The predicted octanol–water partition coefficient (Wildman–Crippen LogP) is 0.988. The summed E-state index contributed by atoms with van der Waals surface area (Å²) in [7, 11) is -4.05. The zero-order valence-electron chi connectivity index (χ0n) is 10.8. The van der Waals surface area contributed by atoms with Gasteiger partial charge in [0.05, 0.1) is 5.69 Å². The molecule has 0 aliphatic heterocycles. The summed E-state index contributed by atoms with van der Waals surface area (Å²) in [6, 6.07) is 3.33. The van der Waals surface area contributed by atoms with Crippen molar-refractivity contribution in [1.29, 1.82) is 0 Å². The average Bonchev–Trinajstić information content (AvgIpc) is 2.33. The van der Waals surface area contributed by atoms with Gasteiger partial charge >= 0.3 is 6.18 Å². The second kappa shape index (κ2) is 6.31. The highest BCUT2D eigenvalue weighted by Crippen LogP contribution is 2.22. The monoisotopic (exact) mass is 325 g/mol. The quantitative estimate of drug-likeness (QED) is 0.534. The summed E-state index contributed by atoms with van der Waals surface area (Å²) < 4.78 is 61.6. The molecule has 1 aromatic rings. The molecular formula is C11H14F3N3O3S. The summed E-state index contributed by atoms with van der Waals surface area (Å²) in [5, 5.41) is 0. The molecule has 0 atom stereocenters. The molecule has 0 unspecified atom stereocenters. The minimum Gasteiger partial charge on any atom is -0.398 e. The molecule has 5 N–H and O–H groups in total. The molecule has 0 aliphatic carbocycles. The van der Waals surface area contributed by atoms with Crippen LogP contribution in [0.5, 0.6) is 0 Å². The molecule has 1 aromatic carbocycles. The van der Waals surface area contributed by atoms with Gasteiger partial charge in [-0.05, 0) is 24.6 Å². The standard InChI is InChI=1S/C11H14F3N3O3S/c12-11(13,14)4-1-5-17-21(19,20)9-3-2-7(10(16)18)6-8(9)15/h2-3,6,17H,1,4-5,15H2,(H2,16,18). The molecule has 0 fully saturated rings. The smallest absolute Gasteiger partial charge is 0.389 e. The number of amides is 1. The fourth-order valence-electron chi connectivity index (χ4n) is 1.52. The number of hydrogen-bond donors (Lipinski definition) is 3. The van der Waals surface area contributed by atoms with Gasteiger partial charge in [0, 0.05) is 18.5 Å². The molecule has 1 rings (SSSR count). The van der Waals surface area contributed by atoms with Crippen molar-refractivity contribution in [2.45, 2.75) is 23.9 Å². The Kier molecular flexibility index (Phi) is 5.18. The van der Waals surface area contributed by atoms with E-state index in [2.05, 4.69) is 0 Å². The van der Waals surface area contributed by atoms with Crippen molar-refractivity contribution in [3.8, 4) is 0 Å². The van der Waals surface area contributed by atoms with Gasteiger partial charge < -0.3 is 11.5 Å². The number of nitrogens with two attached hydrogens (primary N) is 2. The van der Waals surface area contributed by atoms with E-state index in [0.717, 1.165) is 12.1 Å². The van der Waals surface area contributed by atoms with Crippen LogP contribution < -0.4 is 16.2 Å². The number of nitrogens with one attached hydrogen (secondary N) is 1. The van der Waals surface area contributed by atoms with Gasteiger partial charge in [0.2, 0.25) is 15.9 Å². The van der Waals surface area contributed by atoms with Crippen LogP contribution >= 0.6 is 0 Å². The van der Waals surface area contributed by atoms with Gasteiger partial charge in [0.1, 0.15) is 4.90 Å². The van der Waals surface area contributed by atoms with Crippen molar-refractivity contribution in [1.82, 2.24) is 4.72 Å². The largest absolute Gasteiger partial charge is 0.398 e. The van der Waals surface area contributed by atoms with E-state index in [1.54, 1.807) is 0 Å². The number of alkyl halides is 3. The van der Waals surface area contributed by atoms with Crippen molar-refractivity contribution in [3.05, 3.63) is 23.8 Å². The maximum atomic E-state index is 11.9. The first-order valence-electron chi connectivity index (χ1n) is 5.79. The van der Waals surface area contributed by atoms with Crippen molar-refractivity contribution in [3.63, 3.8) is 0 Å². The molecule has 0 bridgehead atoms. The Balaban J connectivity index is 2.77. The Morgan fingerprint density at radius 1 is 1.29 bits per heavy atom. The van der Waals surface area contributed by atoms with E-state index in [1.165, 1.54) is 6.07 Å². The number of benzene rings is 1. The lowest BCUT2D eigenvalue weighted by Gasteiger charge is -2.10. The van der Waals surface area contributed by atoms with Crippen LogP contribution in [0.2, 0.25) is 0 Å². The zero-order chi connectivity index (χ0) is 16.3. The van der Waals surface area contributed by atoms with Gasteiger partial charge in [-0.2, -0.15) is 13.2 Å². The molecule has 0 aliphatic rings. The Morgan fingerprint density at radius 2 is 1.90 bits per heavy atom. The van der Waals surface area contributed by atoms with Crippen LogP contribution in [0.1, 0.15) is 23.2 Å². The van der Waals surface area contributed by atoms with Crippen LogP contribution in [0, 0.1) is 0 Å². The minimum absolute atomic E-state index is 0.0310. The number of primary amides is 1. The maximum Gasteiger partial charge on any atom is 0.389 e. The third kappa shape index (κ3) is 5.23. The van der Waals surface area contributed by atoms with E-state index in [-0.39, 0.29) is 29.1 Å². The number of carbonyl (C=O) groups is 1. The third-order valence-electron chi connectivity index (χ3n) is 2.51. The van der Waals surface area contributed by atoms with Crippen molar-refractivity contribution in [2.75, 3.05) is 12.3 Å². The summed E-state index contributed by atoms with van der Waals surface area (Å²) in [5.41, 5.74) is 10.3. The Morgan fingerprint density at radius 3 is 2.38 bits per heavy atom. The van der Waals surface area contributed by atoms with Crippen LogP contribution in [-0.2, 0) is 10.0 Å². The van der Waals surface area contributed by atoms with E-state index < -0.39 is 28.5 Å². The highest BCUT2D eigenvalue weighted by atomic mass is 32.2. The first-order chi connectivity index (χ1) is 9.53. The molecular weight excluding hydrogens is 311 g/mol. The average molecular weight is 325 g/mol. The molecule has 0 aromatic heterocycles. The van der Waals surface area contributed by atoms with Gasteiger partial charge in [0.15, 0.2) is 0 Å². The first kappa shape index (κ1) is 17.2. The molecule has 10 heteroatoms. The highest BCUT2D eigenvalue weighted by Gasteiger charge is 2.26. The van der Waals surface area contributed by atoms with E-state index >= 15 is 0 Å². The molecule has 0 spiro atoms. The van der Waals surface area contributed by atoms with Gasteiger partial charge in [-0.25, -0.2) is 13.1 Å². The molecule has 0 saturated heterocycles. The highest BCUT2D eigenvalue weighted by molar-refractivity contribution is 7.89. The van der Waals surface area contributed by atoms with Crippen molar-refractivity contribution >= 4 is 21.6 Å². The lowest BCUT2D eigenvalue weighted by Crippen LogP contribution is -2.26. The van der Waals surface area contributed by atoms with E-state index in [1.807, 2.05) is 4.72 Å². The number of halogens is 3. The number of hydrogen-bond acceptors (Lipinski definition) is 4. The SMILES string of the molecule is NC(=O)c1ccc(S(=O)(=O)NCCCC(F)(F)F)c(N)c1. The van der Waals surface area contributed by atoms with Crippen LogP contribution in [-0.4, -0.2) is 27.0 Å². The number of carbonyl (C=O) groups excluding carboxylic acids is 1. The Hall–Kier alpha value is -1.81. The lowest BCUT2D eigenvalue weighted by molar-refractivity contribution is -0.135. The fraction of sp³-hybridized carbons (Fsp3) is 0.364. The Labute approximate surface area is 119 Å². The molecule has 6 nitrogen and oxygen atoms in total. The first-order valence-corrected chi connectivity index (χ1v) is 7.27. The number of anilines is 1. The summed E-state index contributed by atoms with van der Waals surface area (Å²) >= 11 is 0. The van der Waals surface area contributed by atoms with Gasteiger partial charge in [-0.1, -0.05) is 0 Å². The van der Waals surface area contributed by atoms with Crippen LogP contribution in [0.15, 0.2) is 23.1 Å². The maximum absolute atomic E-state index is 11.9.